The summed E-state index contributed by atoms with van der Waals surface area (Å²) in [5.74, 6) is 0.199. The first kappa shape index (κ1) is 20.2. The molecule has 0 aliphatic heterocycles. The Balaban J connectivity index is 1.39. The number of benzene rings is 3. The molecular formula is C24H21N3OS2. The Hall–Kier alpha value is -3.09. The van der Waals surface area contributed by atoms with Crippen molar-refractivity contribution < 1.29 is 4.79 Å². The summed E-state index contributed by atoms with van der Waals surface area (Å²) in [6, 6.07) is 23.5. The van der Waals surface area contributed by atoms with Crippen LogP contribution in [0.3, 0.4) is 0 Å². The maximum Gasteiger partial charge on any atom is 0.257 e. The molecule has 30 heavy (non-hydrogen) atoms. The zero-order valence-corrected chi connectivity index (χ0v) is 18.3. The highest BCUT2D eigenvalue weighted by atomic mass is 32.1. The molecule has 0 spiro atoms. The molecule has 0 radical (unpaired) electrons. The van der Waals surface area contributed by atoms with Crippen molar-refractivity contribution in [2.75, 3.05) is 5.32 Å². The summed E-state index contributed by atoms with van der Waals surface area (Å²) in [4.78, 5) is 17.1. The van der Waals surface area contributed by atoms with Gasteiger partial charge in [-0.2, -0.15) is 0 Å². The molecule has 1 amide bonds. The van der Waals surface area contributed by atoms with Crippen molar-refractivity contribution in [1.29, 1.82) is 0 Å². The van der Waals surface area contributed by atoms with Gasteiger partial charge in [-0.25, -0.2) is 4.98 Å². The number of thiocarbonyl (C=S) groups is 1. The average molecular weight is 432 g/mol. The highest BCUT2D eigenvalue weighted by molar-refractivity contribution is 7.80. The fourth-order valence-electron chi connectivity index (χ4n) is 3.05. The molecule has 2 N–H and O–H groups in total. The van der Waals surface area contributed by atoms with E-state index in [1.807, 2.05) is 66.7 Å². The fourth-order valence-corrected chi connectivity index (χ4v) is 4.23. The molecule has 0 aliphatic carbocycles. The van der Waals surface area contributed by atoms with E-state index in [1.165, 1.54) is 10.3 Å². The second-order valence-corrected chi connectivity index (χ2v) is 8.69. The van der Waals surface area contributed by atoms with Crippen molar-refractivity contribution in [3.8, 4) is 10.6 Å². The summed E-state index contributed by atoms with van der Waals surface area (Å²) in [6.07, 6.45) is 0. The number of para-hydroxylation sites is 1. The molecule has 4 rings (SSSR count). The number of rotatable bonds is 4. The number of aromatic nitrogens is 1. The van der Waals surface area contributed by atoms with E-state index in [2.05, 4.69) is 35.5 Å². The summed E-state index contributed by atoms with van der Waals surface area (Å²) in [5, 5.41) is 7.03. The quantitative estimate of drug-likeness (QED) is 0.377. The van der Waals surface area contributed by atoms with Gasteiger partial charge in [0.15, 0.2) is 5.11 Å². The van der Waals surface area contributed by atoms with E-state index in [0.717, 1.165) is 21.8 Å². The van der Waals surface area contributed by atoms with Crippen LogP contribution < -0.4 is 10.6 Å². The molecule has 4 aromatic rings. The molecule has 0 saturated heterocycles. The molecule has 0 atom stereocenters. The topological polar surface area (TPSA) is 54.0 Å². The molecule has 1 heterocycles. The van der Waals surface area contributed by atoms with Crippen molar-refractivity contribution in [3.05, 3.63) is 83.9 Å². The highest BCUT2D eigenvalue weighted by Gasteiger charge is 2.10. The van der Waals surface area contributed by atoms with Crippen LogP contribution in [0.5, 0.6) is 0 Å². The predicted molar refractivity (Wildman–Crippen MR) is 129 cm³/mol. The standard InChI is InChI=1S/C24H21N3OS2/c1-15(2)16-7-9-17(10-8-16)22(28)27-24(29)25-19-13-11-18(12-14-19)23-26-20-5-3-4-6-21(20)30-23/h3-15H,1-2H3,(H2,25,27,28,29). The maximum absolute atomic E-state index is 12.4. The number of carbonyl (C=O) groups excluding carboxylic acids is 1. The Bertz CT molecular complexity index is 1160. The molecule has 0 unspecified atom stereocenters. The molecular weight excluding hydrogens is 410 g/mol. The van der Waals surface area contributed by atoms with E-state index < -0.39 is 0 Å². The van der Waals surface area contributed by atoms with Gasteiger partial charge < -0.3 is 5.32 Å². The molecule has 4 nitrogen and oxygen atoms in total. The van der Waals surface area contributed by atoms with Gasteiger partial charge in [0.05, 0.1) is 10.2 Å². The number of amides is 1. The number of fused-ring (bicyclic) bond motifs is 1. The van der Waals surface area contributed by atoms with Gasteiger partial charge >= 0.3 is 0 Å². The zero-order chi connectivity index (χ0) is 21.1. The first-order valence-electron chi connectivity index (χ1n) is 9.68. The summed E-state index contributed by atoms with van der Waals surface area (Å²) < 4.78 is 1.17. The van der Waals surface area contributed by atoms with Crippen LogP contribution in [0.15, 0.2) is 72.8 Å². The molecule has 0 saturated carbocycles. The minimum absolute atomic E-state index is 0.228. The van der Waals surface area contributed by atoms with Crippen molar-refractivity contribution in [2.45, 2.75) is 19.8 Å². The zero-order valence-electron chi connectivity index (χ0n) is 16.7. The number of anilines is 1. The van der Waals surface area contributed by atoms with E-state index in [9.17, 15) is 4.79 Å². The minimum Gasteiger partial charge on any atom is -0.332 e. The lowest BCUT2D eigenvalue weighted by molar-refractivity contribution is 0.0977. The smallest absolute Gasteiger partial charge is 0.257 e. The first-order chi connectivity index (χ1) is 14.5. The number of nitrogens with zero attached hydrogens (tertiary/aromatic N) is 1. The van der Waals surface area contributed by atoms with Crippen molar-refractivity contribution in [1.82, 2.24) is 10.3 Å². The second kappa shape index (κ2) is 8.73. The van der Waals surface area contributed by atoms with Crippen LogP contribution in [0.1, 0.15) is 35.7 Å². The van der Waals surface area contributed by atoms with Crippen LogP contribution in [0, 0.1) is 0 Å². The van der Waals surface area contributed by atoms with Gasteiger partial charge in [0.1, 0.15) is 5.01 Å². The summed E-state index contributed by atoms with van der Waals surface area (Å²) in [7, 11) is 0. The van der Waals surface area contributed by atoms with Gasteiger partial charge in [0.2, 0.25) is 0 Å². The van der Waals surface area contributed by atoms with Gasteiger partial charge in [0.25, 0.3) is 5.91 Å². The van der Waals surface area contributed by atoms with Gasteiger partial charge in [-0.3, -0.25) is 10.1 Å². The molecule has 3 aromatic carbocycles. The Morgan fingerprint density at radius 2 is 1.67 bits per heavy atom. The van der Waals surface area contributed by atoms with Crippen LogP contribution >= 0.6 is 23.6 Å². The summed E-state index contributed by atoms with van der Waals surface area (Å²) in [6.45, 7) is 4.24. The second-order valence-electron chi connectivity index (χ2n) is 7.25. The van der Waals surface area contributed by atoms with Crippen molar-refractivity contribution in [3.63, 3.8) is 0 Å². The van der Waals surface area contributed by atoms with E-state index in [0.29, 0.717) is 11.5 Å². The van der Waals surface area contributed by atoms with Gasteiger partial charge in [-0.15, -0.1) is 11.3 Å². The fraction of sp³-hybridized carbons (Fsp3) is 0.125. The normalized spacial score (nSPS) is 10.9. The number of hydrogen-bond acceptors (Lipinski definition) is 4. The van der Waals surface area contributed by atoms with Gasteiger partial charge in [-0.05, 0) is 72.2 Å². The lowest BCUT2D eigenvalue weighted by atomic mass is 10.0. The van der Waals surface area contributed by atoms with Crippen LogP contribution in [0.4, 0.5) is 5.69 Å². The Labute approximate surface area is 185 Å². The third-order valence-corrected chi connectivity index (χ3v) is 6.04. The number of hydrogen-bond donors (Lipinski definition) is 2. The van der Waals surface area contributed by atoms with E-state index >= 15 is 0 Å². The third kappa shape index (κ3) is 4.56. The van der Waals surface area contributed by atoms with Gasteiger partial charge in [0, 0.05) is 16.8 Å². The molecule has 0 bridgehead atoms. The van der Waals surface area contributed by atoms with Gasteiger partial charge in [-0.1, -0.05) is 38.1 Å². The average Bonchev–Trinajstić information content (AvgIpc) is 3.18. The lowest BCUT2D eigenvalue weighted by Crippen LogP contribution is -2.34. The number of nitrogens with one attached hydrogen (secondary N) is 2. The Morgan fingerprint density at radius 1 is 0.967 bits per heavy atom. The Morgan fingerprint density at radius 3 is 2.33 bits per heavy atom. The first-order valence-corrected chi connectivity index (χ1v) is 10.9. The van der Waals surface area contributed by atoms with Crippen molar-refractivity contribution >= 4 is 50.5 Å². The van der Waals surface area contributed by atoms with Crippen LogP contribution in [-0.2, 0) is 0 Å². The monoisotopic (exact) mass is 431 g/mol. The molecule has 150 valence electrons. The van der Waals surface area contributed by atoms with Crippen LogP contribution in [0.25, 0.3) is 20.8 Å². The van der Waals surface area contributed by atoms with E-state index in [-0.39, 0.29) is 11.0 Å². The molecule has 6 heteroatoms. The van der Waals surface area contributed by atoms with Crippen molar-refractivity contribution in [2.24, 2.45) is 0 Å². The number of carbonyl (C=O) groups is 1. The third-order valence-electron chi connectivity index (χ3n) is 4.75. The summed E-state index contributed by atoms with van der Waals surface area (Å²) in [5.41, 5.74) is 4.63. The van der Waals surface area contributed by atoms with Crippen LogP contribution in [0.2, 0.25) is 0 Å². The predicted octanol–water partition coefficient (Wildman–Crippen LogP) is 6.21. The maximum atomic E-state index is 12.4. The largest absolute Gasteiger partial charge is 0.332 e. The van der Waals surface area contributed by atoms with E-state index in [4.69, 9.17) is 12.2 Å². The van der Waals surface area contributed by atoms with E-state index in [1.54, 1.807) is 11.3 Å². The summed E-state index contributed by atoms with van der Waals surface area (Å²) >= 11 is 6.96. The minimum atomic E-state index is -0.228. The van der Waals surface area contributed by atoms with Crippen LogP contribution in [-0.4, -0.2) is 16.0 Å². The molecule has 0 fully saturated rings. The number of thiazole rings is 1. The molecule has 1 aromatic heterocycles. The lowest BCUT2D eigenvalue weighted by Gasteiger charge is -2.11. The SMILES string of the molecule is CC(C)c1ccc(C(=O)NC(=S)Nc2ccc(-c3nc4ccccc4s3)cc2)cc1. The molecule has 0 aliphatic rings. The highest BCUT2D eigenvalue weighted by Crippen LogP contribution is 2.30. The Kier molecular flexibility index (Phi) is 5.88.